The van der Waals surface area contributed by atoms with Crippen LogP contribution in [0.5, 0.6) is 0 Å². The molecule has 1 N–H and O–H groups in total. The number of benzene rings is 1. The van der Waals surface area contributed by atoms with E-state index in [1.807, 2.05) is 18.2 Å². The van der Waals surface area contributed by atoms with Gasteiger partial charge in [0.1, 0.15) is 0 Å². The summed E-state index contributed by atoms with van der Waals surface area (Å²) in [6.07, 6.45) is 0. The largest absolute Gasteiger partial charge is 0.416 e. The van der Waals surface area contributed by atoms with Gasteiger partial charge in [0.25, 0.3) is 5.22 Å². The van der Waals surface area contributed by atoms with E-state index in [2.05, 4.69) is 29.4 Å². The Morgan fingerprint density at radius 1 is 1.35 bits per heavy atom. The number of aromatic nitrogens is 2. The summed E-state index contributed by atoms with van der Waals surface area (Å²) in [6.45, 7) is 7.89. The van der Waals surface area contributed by atoms with E-state index >= 15 is 0 Å². The van der Waals surface area contributed by atoms with Gasteiger partial charge in [0, 0.05) is 23.4 Å². The lowest BCUT2D eigenvalue weighted by atomic mass is 10.2. The van der Waals surface area contributed by atoms with Crippen LogP contribution in [-0.2, 0) is 6.54 Å². The molecule has 1 heterocycles. The molecule has 6 heteroatoms. The number of nitrogens with one attached hydrogen (secondary N) is 1. The van der Waals surface area contributed by atoms with Crippen molar-refractivity contribution in [1.82, 2.24) is 15.5 Å². The number of hydrogen-bond donors (Lipinski definition) is 1. The Morgan fingerprint density at radius 3 is 2.80 bits per heavy atom. The Balaban J connectivity index is 2.10. The van der Waals surface area contributed by atoms with Crippen molar-refractivity contribution in [2.45, 2.75) is 37.4 Å². The highest BCUT2D eigenvalue weighted by atomic mass is 35.5. The van der Waals surface area contributed by atoms with Gasteiger partial charge in [-0.05, 0) is 48.0 Å². The molecule has 0 bridgehead atoms. The van der Waals surface area contributed by atoms with Crippen LogP contribution >= 0.6 is 23.4 Å². The van der Waals surface area contributed by atoms with Gasteiger partial charge in [0.15, 0.2) is 0 Å². The molecule has 0 aliphatic rings. The molecule has 4 nitrogen and oxygen atoms in total. The summed E-state index contributed by atoms with van der Waals surface area (Å²) in [4.78, 5) is 1.08. The molecule has 20 heavy (non-hydrogen) atoms. The van der Waals surface area contributed by atoms with E-state index in [9.17, 15) is 0 Å². The minimum atomic E-state index is 0.551. The Bertz CT molecular complexity index is 571. The van der Waals surface area contributed by atoms with Gasteiger partial charge in [-0.25, -0.2) is 0 Å². The van der Waals surface area contributed by atoms with Crippen molar-refractivity contribution < 1.29 is 4.42 Å². The molecule has 1 aromatic carbocycles. The lowest BCUT2D eigenvalue weighted by Crippen LogP contribution is -2.19. The molecule has 0 fully saturated rings. The van der Waals surface area contributed by atoms with Crippen LogP contribution in [-0.4, -0.2) is 16.7 Å². The second-order valence-corrected chi connectivity index (χ2v) is 6.40. The third-order valence-electron chi connectivity index (χ3n) is 2.60. The second-order valence-electron chi connectivity index (χ2n) is 4.97. The minimum absolute atomic E-state index is 0.551. The smallest absolute Gasteiger partial charge is 0.281 e. The van der Waals surface area contributed by atoms with Crippen LogP contribution < -0.4 is 5.32 Å². The summed E-state index contributed by atoms with van der Waals surface area (Å²) in [5.41, 5.74) is 1.14. The maximum absolute atomic E-state index is 6.08. The zero-order valence-electron chi connectivity index (χ0n) is 11.8. The highest BCUT2D eigenvalue weighted by molar-refractivity contribution is 7.99. The first-order chi connectivity index (χ1) is 9.54. The monoisotopic (exact) mass is 311 g/mol. The Labute approximate surface area is 128 Å². The van der Waals surface area contributed by atoms with Crippen LogP contribution in [0.25, 0.3) is 0 Å². The quantitative estimate of drug-likeness (QED) is 0.876. The highest BCUT2D eigenvalue weighted by Crippen LogP contribution is 2.31. The predicted octanol–water partition coefficient (Wildman–Crippen LogP) is 3.93. The topological polar surface area (TPSA) is 51.0 Å². The van der Waals surface area contributed by atoms with Gasteiger partial charge in [0.2, 0.25) is 5.89 Å². The highest BCUT2D eigenvalue weighted by Gasteiger charge is 2.10. The van der Waals surface area contributed by atoms with Crippen molar-refractivity contribution in [2.75, 3.05) is 6.54 Å². The summed E-state index contributed by atoms with van der Waals surface area (Å²) >= 11 is 7.54. The van der Waals surface area contributed by atoms with Gasteiger partial charge in [-0.3, -0.25) is 0 Å². The van der Waals surface area contributed by atoms with E-state index in [4.69, 9.17) is 16.0 Å². The molecule has 0 spiro atoms. The van der Waals surface area contributed by atoms with Crippen molar-refractivity contribution in [3.05, 3.63) is 34.7 Å². The van der Waals surface area contributed by atoms with Crippen LogP contribution in [0.2, 0.25) is 5.02 Å². The normalized spacial score (nSPS) is 11.2. The Kier molecular flexibility index (Phi) is 5.46. The fourth-order valence-corrected chi connectivity index (χ4v) is 2.72. The first kappa shape index (κ1) is 15.4. The zero-order chi connectivity index (χ0) is 14.5. The number of hydrogen-bond acceptors (Lipinski definition) is 5. The molecule has 2 rings (SSSR count). The molecule has 2 aromatic rings. The van der Waals surface area contributed by atoms with Gasteiger partial charge >= 0.3 is 0 Å². The molecule has 0 radical (unpaired) electrons. The van der Waals surface area contributed by atoms with Crippen LogP contribution in [0.4, 0.5) is 0 Å². The van der Waals surface area contributed by atoms with Gasteiger partial charge < -0.3 is 9.73 Å². The van der Waals surface area contributed by atoms with Crippen LogP contribution in [0.3, 0.4) is 0 Å². The standard InChI is InChI=1S/C14H18ClN3OS/c1-9(2)7-16-8-11-6-12(15)4-5-13(11)20-14-18-17-10(3)19-14/h4-6,9,16H,7-8H2,1-3H3. The summed E-state index contributed by atoms with van der Waals surface area (Å²) in [5.74, 6) is 1.19. The van der Waals surface area contributed by atoms with E-state index in [1.165, 1.54) is 11.8 Å². The van der Waals surface area contributed by atoms with E-state index in [0.29, 0.717) is 17.0 Å². The first-order valence-corrected chi connectivity index (χ1v) is 7.71. The molecule has 0 saturated heterocycles. The maximum atomic E-state index is 6.08. The number of halogens is 1. The molecule has 0 atom stereocenters. The summed E-state index contributed by atoms with van der Waals surface area (Å²) in [7, 11) is 0. The van der Waals surface area contributed by atoms with Crippen molar-refractivity contribution in [3.63, 3.8) is 0 Å². The third-order valence-corrected chi connectivity index (χ3v) is 3.79. The average Bonchev–Trinajstić information content (AvgIpc) is 2.78. The SMILES string of the molecule is Cc1nnc(Sc2ccc(Cl)cc2CNCC(C)C)o1. The van der Waals surface area contributed by atoms with E-state index in [1.54, 1.807) is 6.92 Å². The first-order valence-electron chi connectivity index (χ1n) is 6.51. The second kappa shape index (κ2) is 7.11. The molecule has 0 aliphatic heterocycles. The molecule has 0 saturated carbocycles. The lowest BCUT2D eigenvalue weighted by molar-refractivity contribution is 0.429. The molecule has 1 aromatic heterocycles. The third kappa shape index (κ3) is 4.51. The van der Waals surface area contributed by atoms with Crippen LogP contribution in [0.15, 0.2) is 32.7 Å². The summed E-state index contributed by atoms with van der Waals surface area (Å²) < 4.78 is 5.40. The van der Waals surface area contributed by atoms with E-state index in [0.717, 1.165) is 28.6 Å². The maximum Gasteiger partial charge on any atom is 0.281 e. The van der Waals surface area contributed by atoms with Crippen molar-refractivity contribution in [1.29, 1.82) is 0 Å². The molecule has 108 valence electrons. The van der Waals surface area contributed by atoms with Crippen molar-refractivity contribution in [2.24, 2.45) is 5.92 Å². The molecule has 0 amide bonds. The lowest BCUT2D eigenvalue weighted by Gasteiger charge is -2.11. The molecular formula is C14H18ClN3OS. The Hall–Kier alpha value is -1.04. The fraction of sp³-hybridized carbons (Fsp3) is 0.429. The summed E-state index contributed by atoms with van der Waals surface area (Å²) in [5, 5.41) is 12.5. The van der Waals surface area contributed by atoms with Crippen molar-refractivity contribution in [3.8, 4) is 0 Å². The van der Waals surface area contributed by atoms with Gasteiger partial charge in [-0.15, -0.1) is 10.2 Å². The van der Waals surface area contributed by atoms with Gasteiger partial charge in [-0.1, -0.05) is 25.4 Å². The van der Waals surface area contributed by atoms with Gasteiger partial charge in [0.05, 0.1) is 0 Å². The summed E-state index contributed by atoms with van der Waals surface area (Å²) in [6, 6.07) is 5.83. The number of nitrogens with zero attached hydrogens (tertiary/aromatic N) is 2. The number of aryl methyl sites for hydroxylation is 1. The molecular weight excluding hydrogens is 294 g/mol. The van der Waals surface area contributed by atoms with Crippen LogP contribution in [0.1, 0.15) is 25.3 Å². The Morgan fingerprint density at radius 2 is 2.15 bits per heavy atom. The fourth-order valence-electron chi connectivity index (χ4n) is 1.69. The number of rotatable bonds is 6. The van der Waals surface area contributed by atoms with E-state index in [-0.39, 0.29) is 0 Å². The van der Waals surface area contributed by atoms with Crippen molar-refractivity contribution >= 4 is 23.4 Å². The van der Waals surface area contributed by atoms with Gasteiger partial charge in [-0.2, -0.15) is 0 Å². The predicted molar refractivity (Wildman–Crippen MR) is 81.2 cm³/mol. The molecule has 0 aliphatic carbocycles. The van der Waals surface area contributed by atoms with E-state index < -0.39 is 0 Å². The van der Waals surface area contributed by atoms with Crippen LogP contribution in [0, 0.1) is 12.8 Å². The molecule has 0 unspecified atom stereocenters. The zero-order valence-corrected chi connectivity index (χ0v) is 13.4. The minimum Gasteiger partial charge on any atom is -0.416 e. The average molecular weight is 312 g/mol.